The Labute approximate surface area is 167 Å². The summed E-state index contributed by atoms with van der Waals surface area (Å²) in [4.78, 5) is 24.7. The van der Waals surface area contributed by atoms with Gasteiger partial charge in [0.1, 0.15) is 11.1 Å². The fourth-order valence-electron chi connectivity index (χ4n) is 3.09. The number of nitrogens with one attached hydrogen (secondary N) is 2. The maximum Gasteiger partial charge on any atom is 0.407 e. The van der Waals surface area contributed by atoms with Crippen LogP contribution >= 0.6 is 11.3 Å². The van der Waals surface area contributed by atoms with Crippen LogP contribution in [0.5, 0.6) is 0 Å². The van der Waals surface area contributed by atoms with Gasteiger partial charge in [0, 0.05) is 23.1 Å². The van der Waals surface area contributed by atoms with Gasteiger partial charge in [0.15, 0.2) is 0 Å². The highest BCUT2D eigenvalue weighted by molar-refractivity contribution is 7.16. The smallest absolute Gasteiger partial charge is 0.407 e. The molecule has 1 aliphatic carbocycles. The molecule has 0 saturated carbocycles. The SMILES string of the molecule is CCNC(=O)OCC1CCc2c(sc(NC(=O)C=Cc3ccoc3)c2C#N)C1. The third-order valence-electron chi connectivity index (χ3n) is 4.46. The number of carbonyl (C=O) groups is 2. The van der Waals surface area contributed by atoms with Crippen LogP contribution in [0, 0.1) is 17.2 Å². The van der Waals surface area contributed by atoms with E-state index in [1.54, 1.807) is 12.1 Å². The van der Waals surface area contributed by atoms with Crippen LogP contribution < -0.4 is 10.6 Å². The highest BCUT2D eigenvalue weighted by Crippen LogP contribution is 2.39. The maximum atomic E-state index is 12.2. The first-order chi connectivity index (χ1) is 13.6. The van der Waals surface area contributed by atoms with Gasteiger partial charge in [0.2, 0.25) is 5.91 Å². The standard InChI is InChI=1S/C20H21N3O4S/c1-2-22-20(25)27-12-14-3-5-15-16(10-21)19(28-17(15)9-14)23-18(24)6-4-13-7-8-26-11-13/h4,6-8,11,14H,2-3,5,9,12H2,1H3,(H,22,25)(H,23,24). The molecule has 1 aliphatic rings. The molecule has 2 amide bonds. The summed E-state index contributed by atoms with van der Waals surface area (Å²) in [5.74, 6) is -0.0859. The number of rotatable bonds is 6. The minimum atomic E-state index is -0.408. The monoisotopic (exact) mass is 399 g/mol. The fraction of sp³-hybridized carbons (Fsp3) is 0.350. The zero-order valence-electron chi connectivity index (χ0n) is 15.5. The summed E-state index contributed by atoms with van der Waals surface area (Å²) in [7, 11) is 0. The highest BCUT2D eigenvalue weighted by Gasteiger charge is 2.27. The van der Waals surface area contributed by atoms with E-state index in [4.69, 9.17) is 9.15 Å². The molecule has 3 rings (SSSR count). The van der Waals surface area contributed by atoms with E-state index in [-0.39, 0.29) is 11.8 Å². The number of carbonyl (C=O) groups excluding carboxylic acids is 2. The molecular formula is C20H21N3O4S. The number of anilines is 1. The molecule has 2 N–H and O–H groups in total. The summed E-state index contributed by atoms with van der Waals surface area (Å²) in [5, 5.41) is 15.5. The molecule has 0 radical (unpaired) electrons. The number of thiophene rings is 1. The van der Waals surface area contributed by atoms with Crippen LogP contribution in [0.3, 0.4) is 0 Å². The molecule has 0 spiro atoms. The largest absolute Gasteiger partial charge is 0.472 e. The average molecular weight is 399 g/mol. The Morgan fingerprint density at radius 2 is 2.36 bits per heavy atom. The number of nitriles is 1. The van der Waals surface area contributed by atoms with Gasteiger partial charge in [-0.25, -0.2) is 4.79 Å². The predicted octanol–water partition coefficient (Wildman–Crippen LogP) is 3.72. The summed E-state index contributed by atoms with van der Waals surface area (Å²) >= 11 is 1.42. The van der Waals surface area contributed by atoms with Crippen molar-refractivity contribution in [2.24, 2.45) is 5.92 Å². The molecule has 28 heavy (non-hydrogen) atoms. The van der Waals surface area contributed by atoms with Crippen molar-refractivity contribution in [3.63, 3.8) is 0 Å². The number of furan rings is 1. The number of hydrogen-bond acceptors (Lipinski definition) is 6. The third-order valence-corrected chi connectivity index (χ3v) is 5.63. The van der Waals surface area contributed by atoms with Crippen molar-refractivity contribution in [3.05, 3.63) is 46.2 Å². The molecule has 146 valence electrons. The van der Waals surface area contributed by atoms with E-state index in [0.29, 0.717) is 23.7 Å². The Balaban J connectivity index is 1.64. The van der Waals surface area contributed by atoms with Crippen LogP contribution in [0.15, 0.2) is 29.1 Å². The molecule has 1 unspecified atom stereocenters. The second kappa shape index (κ2) is 9.24. The lowest BCUT2D eigenvalue weighted by Gasteiger charge is -2.21. The molecular weight excluding hydrogens is 378 g/mol. The van der Waals surface area contributed by atoms with Crippen molar-refractivity contribution in [3.8, 4) is 6.07 Å². The number of ether oxygens (including phenoxy) is 1. The predicted molar refractivity (Wildman–Crippen MR) is 106 cm³/mol. The lowest BCUT2D eigenvalue weighted by atomic mass is 9.88. The van der Waals surface area contributed by atoms with Gasteiger partial charge in [-0.15, -0.1) is 11.3 Å². The number of fused-ring (bicyclic) bond motifs is 1. The van der Waals surface area contributed by atoms with Crippen molar-refractivity contribution in [1.29, 1.82) is 5.26 Å². The van der Waals surface area contributed by atoms with Gasteiger partial charge in [0.25, 0.3) is 0 Å². The zero-order chi connectivity index (χ0) is 19.9. The first kappa shape index (κ1) is 19.7. The zero-order valence-corrected chi connectivity index (χ0v) is 16.3. The van der Waals surface area contributed by atoms with Crippen LogP contribution in [0.4, 0.5) is 9.80 Å². The Kier molecular flexibility index (Phi) is 6.50. The van der Waals surface area contributed by atoms with E-state index in [9.17, 15) is 14.9 Å². The van der Waals surface area contributed by atoms with Gasteiger partial charge in [-0.2, -0.15) is 5.26 Å². The topological polar surface area (TPSA) is 104 Å². The van der Waals surface area contributed by atoms with Crippen LogP contribution in [0.1, 0.15) is 34.9 Å². The van der Waals surface area contributed by atoms with Crippen molar-refractivity contribution < 1.29 is 18.7 Å². The quantitative estimate of drug-likeness (QED) is 0.721. The van der Waals surface area contributed by atoms with Crippen molar-refractivity contribution >= 4 is 34.4 Å². The van der Waals surface area contributed by atoms with Crippen LogP contribution in [0.2, 0.25) is 0 Å². The van der Waals surface area contributed by atoms with E-state index >= 15 is 0 Å². The molecule has 0 aliphatic heterocycles. The van der Waals surface area contributed by atoms with Crippen LogP contribution in [-0.2, 0) is 22.4 Å². The summed E-state index contributed by atoms with van der Waals surface area (Å²) in [6, 6.07) is 3.97. The minimum Gasteiger partial charge on any atom is -0.472 e. The molecule has 1 atom stereocenters. The Morgan fingerprint density at radius 3 is 3.07 bits per heavy atom. The molecule has 2 aromatic rings. The van der Waals surface area contributed by atoms with Gasteiger partial charge in [0.05, 0.1) is 24.7 Å². The molecule has 2 heterocycles. The maximum absolute atomic E-state index is 12.2. The van der Waals surface area contributed by atoms with Crippen LogP contribution in [0.25, 0.3) is 6.08 Å². The minimum absolute atomic E-state index is 0.213. The molecule has 0 aromatic carbocycles. The van der Waals surface area contributed by atoms with E-state index in [2.05, 4.69) is 16.7 Å². The van der Waals surface area contributed by atoms with Gasteiger partial charge >= 0.3 is 6.09 Å². The lowest BCUT2D eigenvalue weighted by molar-refractivity contribution is -0.111. The summed E-state index contributed by atoms with van der Waals surface area (Å²) in [6.07, 6.45) is 8.02. The van der Waals surface area contributed by atoms with Crippen molar-refractivity contribution in [2.75, 3.05) is 18.5 Å². The molecule has 0 bridgehead atoms. The van der Waals surface area contributed by atoms with Gasteiger partial charge in [-0.3, -0.25) is 4.79 Å². The molecule has 8 heteroatoms. The van der Waals surface area contributed by atoms with Gasteiger partial charge in [-0.05, 0) is 49.8 Å². The van der Waals surface area contributed by atoms with E-state index in [1.807, 2.05) is 6.92 Å². The number of hydrogen-bond donors (Lipinski definition) is 2. The fourth-order valence-corrected chi connectivity index (χ4v) is 4.40. The van der Waals surface area contributed by atoms with E-state index in [0.717, 1.165) is 35.3 Å². The lowest BCUT2D eigenvalue weighted by Crippen LogP contribution is -2.27. The highest BCUT2D eigenvalue weighted by atomic mass is 32.1. The molecule has 2 aromatic heterocycles. The number of nitrogens with zero attached hydrogens (tertiary/aromatic N) is 1. The van der Waals surface area contributed by atoms with E-state index in [1.165, 1.54) is 29.9 Å². The first-order valence-electron chi connectivity index (χ1n) is 9.07. The average Bonchev–Trinajstić information content (AvgIpc) is 3.31. The third kappa shape index (κ3) is 4.81. The number of alkyl carbamates (subject to hydrolysis) is 1. The Morgan fingerprint density at radius 1 is 1.50 bits per heavy atom. The Hall–Kier alpha value is -3.05. The first-order valence-corrected chi connectivity index (χ1v) is 9.88. The summed E-state index contributed by atoms with van der Waals surface area (Å²) < 4.78 is 10.2. The summed E-state index contributed by atoms with van der Waals surface area (Å²) in [6.45, 7) is 2.71. The normalized spacial score (nSPS) is 15.6. The number of amides is 2. The van der Waals surface area contributed by atoms with Crippen LogP contribution in [-0.4, -0.2) is 25.2 Å². The Bertz CT molecular complexity index is 909. The van der Waals surface area contributed by atoms with E-state index < -0.39 is 6.09 Å². The molecule has 0 saturated heterocycles. The van der Waals surface area contributed by atoms with Gasteiger partial charge < -0.3 is 19.8 Å². The second-order valence-electron chi connectivity index (χ2n) is 6.44. The van der Waals surface area contributed by atoms with Crippen molar-refractivity contribution in [2.45, 2.75) is 26.2 Å². The molecule has 7 nitrogen and oxygen atoms in total. The summed E-state index contributed by atoms with van der Waals surface area (Å²) in [5.41, 5.74) is 2.32. The van der Waals surface area contributed by atoms with Gasteiger partial charge in [-0.1, -0.05) is 0 Å². The van der Waals surface area contributed by atoms with Crippen molar-refractivity contribution in [1.82, 2.24) is 5.32 Å². The molecule has 0 fully saturated rings. The second-order valence-corrected chi connectivity index (χ2v) is 7.54.